The van der Waals surface area contributed by atoms with Crippen molar-refractivity contribution in [2.45, 2.75) is 11.9 Å². The maximum atomic E-state index is 11.5. The molecule has 0 amide bonds. The molecule has 0 saturated heterocycles. The van der Waals surface area contributed by atoms with Gasteiger partial charge in [-0.2, -0.15) is 0 Å². The van der Waals surface area contributed by atoms with Crippen LogP contribution in [0, 0.1) is 0 Å². The number of halogens is 1. The number of ether oxygens (including phenoxy) is 1. The van der Waals surface area contributed by atoms with E-state index in [9.17, 15) is 13.2 Å². The quantitative estimate of drug-likeness (QED) is 0.590. The lowest BCUT2D eigenvalue weighted by Crippen LogP contribution is -2.14. The lowest BCUT2D eigenvalue weighted by Gasteiger charge is -2.06. The standard InChI is InChI=1S/C8H9ClN2O4S/c1-3-15-8(12)5-6(9)10-4-11-7(5)16(2,13)14/h4H,3H2,1-2H3. The van der Waals surface area contributed by atoms with Crippen molar-refractivity contribution in [1.29, 1.82) is 0 Å². The average Bonchev–Trinajstić information content (AvgIpc) is 2.16. The Morgan fingerprint density at radius 1 is 1.50 bits per heavy atom. The minimum Gasteiger partial charge on any atom is -0.462 e. The highest BCUT2D eigenvalue weighted by molar-refractivity contribution is 7.90. The van der Waals surface area contributed by atoms with Crippen LogP contribution in [0.2, 0.25) is 5.15 Å². The molecule has 6 nitrogen and oxygen atoms in total. The molecule has 0 fully saturated rings. The molecule has 8 heteroatoms. The molecule has 1 heterocycles. The van der Waals surface area contributed by atoms with Gasteiger partial charge in [-0.05, 0) is 6.92 Å². The van der Waals surface area contributed by atoms with Crippen LogP contribution in [0.1, 0.15) is 17.3 Å². The maximum Gasteiger partial charge on any atom is 0.344 e. The Morgan fingerprint density at radius 3 is 2.62 bits per heavy atom. The van der Waals surface area contributed by atoms with Gasteiger partial charge in [0.2, 0.25) is 0 Å². The minimum absolute atomic E-state index is 0.104. The van der Waals surface area contributed by atoms with E-state index < -0.39 is 20.8 Å². The van der Waals surface area contributed by atoms with Gasteiger partial charge in [-0.15, -0.1) is 0 Å². The number of esters is 1. The number of aromatic nitrogens is 2. The number of carbonyl (C=O) groups is 1. The van der Waals surface area contributed by atoms with Gasteiger partial charge in [-0.3, -0.25) is 0 Å². The highest BCUT2D eigenvalue weighted by Crippen LogP contribution is 2.20. The first-order valence-electron chi connectivity index (χ1n) is 4.25. The molecule has 0 bridgehead atoms. The smallest absolute Gasteiger partial charge is 0.344 e. The molecule has 1 aromatic heterocycles. The Hall–Kier alpha value is -1.21. The van der Waals surface area contributed by atoms with Crippen LogP contribution in [0.5, 0.6) is 0 Å². The number of hydrogen-bond donors (Lipinski definition) is 0. The molecule has 0 saturated carbocycles. The summed E-state index contributed by atoms with van der Waals surface area (Å²) in [5.74, 6) is -0.853. The van der Waals surface area contributed by atoms with Crippen LogP contribution in [-0.2, 0) is 14.6 Å². The monoisotopic (exact) mass is 264 g/mol. The van der Waals surface area contributed by atoms with E-state index >= 15 is 0 Å². The number of hydrogen-bond acceptors (Lipinski definition) is 6. The van der Waals surface area contributed by atoms with Crippen LogP contribution in [-0.4, -0.2) is 37.2 Å². The van der Waals surface area contributed by atoms with E-state index in [-0.39, 0.29) is 17.3 Å². The van der Waals surface area contributed by atoms with Crippen LogP contribution in [0.3, 0.4) is 0 Å². The number of nitrogens with zero attached hydrogens (tertiary/aromatic N) is 2. The second-order valence-electron chi connectivity index (χ2n) is 2.84. The molecule has 1 rings (SSSR count). The van der Waals surface area contributed by atoms with Gasteiger partial charge in [0.15, 0.2) is 14.9 Å². The average molecular weight is 265 g/mol. The highest BCUT2D eigenvalue weighted by Gasteiger charge is 2.25. The first kappa shape index (κ1) is 12.9. The summed E-state index contributed by atoms with van der Waals surface area (Å²) in [4.78, 5) is 18.6. The normalized spacial score (nSPS) is 11.2. The summed E-state index contributed by atoms with van der Waals surface area (Å²) in [6.45, 7) is 1.70. The van der Waals surface area contributed by atoms with Crippen molar-refractivity contribution in [3.8, 4) is 0 Å². The van der Waals surface area contributed by atoms with Gasteiger partial charge >= 0.3 is 5.97 Å². The van der Waals surface area contributed by atoms with E-state index in [0.717, 1.165) is 12.6 Å². The summed E-state index contributed by atoms with van der Waals surface area (Å²) in [6.07, 6.45) is 1.90. The summed E-state index contributed by atoms with van der Waals surface area (Å²) >= 11 is 5.65. The van der Waals surface area contributed by atoms with Crippen LogP contribution >= 0.6 is 11.6 Å². The minimum atomic E-state index is -3.66. The van der Waals surface area contributed by atoms with Gasteiger partial charge < -0.3 is 4.74 Å². The molecule has 0 atom stereocenters. The molecule has 0 N–H and O–H groups in total. The van der Waals surface area contributed by atoms with Gasteiger partial charge in [0.05, 0.1) is 6.61 Å². The summed E-state index contributed by atoms with van der Waals surface area (Å²) in [5.41, 5.74) is -0.325. The Bertz CT molecular complexity index is 515. The summed E-state index contributed by atoms with van der Waals surface area (Å²) < 4.78 is 27.4. The second kappa shape index (κ2) is 4.75. The molecule has 0 unspecified atom stereocenters. The first-order valence-corrected chi connectivity index (χ1v) is 6.52. The van der Waals surface area contributed by atoms with E-state index in [2.05, 4.69) is 14.7 Å². The molecule has 0 spiro atoms. The number of sulfone groups is 1. The Kier molecular flexibility index (Phi) is 3.82. The zero-order chi connectivity index (χ0) is 12.3. The van der Waals surface area contributed by atoms with Gasteiger partial charge in [0, 0.05) is 6.26 Å². The summed E-state index contributed by atoms with van der Waals surface area (Å²) in [6, 6.07) is 0. The highest BCUT2D eigenvalue weighted by atomic mass is 35.5. The van der Waals surface area contributed by atoms with Gasteiger partial charge in [0.1, 0.15) is 17.0 Å². The first-order chi connectivity index (χ1) is 7.38. The fourth-order valence-corrected chi connectivity index (χ4v) is 2.06. The largest absolute Gasteiger partial charge is 0.462 e. The zero-order valence-corrected chi connectivity index (χ0v) is 10.2. The molecule has 0 radical (unpaired) electrons. The fourth-order valence-electron chi connectivity index (χ4n) is 1.01. The van der Waals surface area contributed by atoms with Crippen LogP contribution in [0.25, 0.3) is 0 Å². The van der Waals surface area contributed by atoms with E-state index in [0.29, 0.717) is 0 Å². The molecule has 0 aliphatic carbocycles. The Morgan fingerprint density at radius 2 is 2.12 bits per heavy atom. The van der Waals surface area contributed by atoms with Crippen molar-refractivity contribution in [3.05, 3.63) is 17.0 Å². The Labute approximate surface area is 97.5 Å². The lowest BCUT2D eigenvalue weighted by atomic mass is 10.3. The van der Waals surface area contributed by atoms with Crippen LogP contribution < -0.4 is 0 Å². The SMILES string of the molecule is CCOC(=O)c1c(Cl)ncnc1S(C)(=O)=O. The van der Waals surface area contributed by atoms with Crippen LogP contribution in [0.4, 0.5) is 0 Å². The van der Waals surface area contributed by atoms with E-state index in [1.54, 1.807) is 6.92 Å². The molecular formula is C8H9ClN2O4S. The van der Waals surface area contributed by atoms with E-state index in [1.807, 2.05) is 0 Å². The molecule has 1 aromatic rings. The maximum absolute atomic E-state index is 11.5. The predicted octanol–water partition coefficient (Wildman–Crippen LogP) is 0.710. The van der Waals surface area contributed by atoms with Crippen molar-refractivity contribution < 1.29 is 17.9 Å². The third-order valence-corrected chi connectivity index (χ3v) is 2.90. The molecule has 0 aliphatic rings. The van der Waals surface area contributed by atoms with Crippen molar-refractivity contribution in [2.75, 3.05) is 12.9 Å². The predicted molar refractivity (Wildman–Crippen MR) is 56.1 cm³/mol. The molecule has 16 heavy (non-hydrogen) atoms. The third-order valence-electron chi connectivity index (χ3n) is 1.60. The number of carbonyl (C=O) groups excluding carboxylic acids is 1. The molecule has 0 aromatic carbocycles. The summed E-state index contributed by atoms with van der Waals surface area (Å²) in [7, 11) is -3.66. The van der Waals surface area contributed by atoms with Gasteiger partial charge in [0.25, 0.3) is 0 Å². The topological polar surface area (TPSA) is 86.2 Å². The molecule has 0 aliphatic heterocycles. The van der Waals surface area contributed by atoms with Crippen LogP contribution in [0.15, 0.2) is 11.4 Å². The van der Waals surface area contributed by atoms with E-state index in [1.165, 1.54) is 0 Å². The molecular weight excluding hydrogens is 256 g/mol. The third kappa shape index (κ3) is 2.67. The van der Waals surface area contributed by atoms with Crippen molar-refractivity contribution in [1.82, 2.24) is 9.97 Å². The zero-order valence-electron chi connectivity index (χ0n) is 8.60. The van der Waals surface area contributed by atoms with E-state index in [4.69, 9.17) is 11.6 Å². The van der Waals surface area contributed by atoms with Crippen molar-refractivity contribution in [3.63, 3.8) is 0 Å². The molecule has 88 valence electrons. The van der Waals surface area contributed by atoms with Crippen molar-refractivity contribution >= 4 is 27.4 Å². The fraction of sp³-hybridized carbons (Fsp3) is 0.375. The second-order valence-corrected chi connectivity index (χ2v) is 5.13. The lowest BCUT2D eigenvalue weighted by molar-refractivity contribution is 0.0520. The summed E-state index contributed by atoms with van der Waals surface area (Å²) in [5, 5.41) is -0.667. The van der Waals surface area contributed by atoms with Gasteiger partial charge in [-0.1, -0.05) is 11.6 Å². The number of rotatable bonds is 3. The van der Waals surface area contributed by atoms with Gasteiger partial charge in [-0.25, -0.2) is 23.2 Å². The van der Waals surface area contributed by atoms with Crippen molar-refractivity contribution in [2.24, 2.45) is 0 Å². The Balaban J connectivity index is 3.41.